The topological polar surface area (TPSA) is 75.8 Å². The fourth-order valence-electron chi connectivity index (χ4n) is 2.77. The van der Waals surface area contributed by atoms with Gasteiger partial charge in [0.25, 0.3) is 6.01 Å². The van der Waals surface area contributed by atoms with Crippen LogP contribution in [0.25, 0.3) is 11.1 Å². The van der Waals surface area contributed by atoms with E-state index >= 15 is 0 Å². The molecule has 0 unspecified atom stereocenters. The van der Waals surface area contributed by atoms with Gasteiger partial charge in [-0.15, -0.1) is 0 Å². The molecule has 1 aliphatic heterocycles. The first-order chi connectivity index (χ1) is 10.1. The number of aromatic nitrogens is 1. The van der Waals surface area contributed by atoms with E-state index in [0.717, 1.165) is 6.42 Å². The molecule has 7 heteroatoms. The maximum absolute atomic E-state index is 11.3. The Labute approximate surface area is 140 Å². The van der Waals surface area contributed by atoms with Gasteiger partial charge in [0.2, 0.25) is 0 Å². The molecule has 114 valence electrons. The molecule has 1 N–H and O–H groups in total. The molecule has 1 fully saturated rings. The second-order valence-electron chi connectivity index (χ2n) is 5.31. The second kappa shape index (κ2) is 6.74. The number of hydrogen-bond donors (Lipinski definition) is 1. The van der Waals surface area contributed by atoms with Gasteiger partial charge in [0.1, 0.15) is 5.52 Å². The monoisotopic (exact) mass is 298 g/mol. The molecule has 2 heterocycles. The number of carboxylic acid groups (broad SMARTS) is 1. The van der Waals surface area contributed by atoms with Crippen LogP contribution < -0.4 is 4.90 Å². The van der Waals surface area contributed by atoms with Gasteiger partial charge in [-0.05, 0) is 25.5 Å². The molecular weight excluding hydrogens is 279 g/mol. The van der Waals surface area contributed by atoms with E-state index in [0.29, 0.717) is 30.3 Å². The van der Waals surface area contributed by atoms with Crippen LogP contribution in [0, 0.1) is 0 Å². The van der Waals surface area contributed by atoms with Crippen LogP contribution in [-0.2, 0) is 4.74 Å². The number of aromatic carboxylic acids is 1. The molecule has 0 radical (unpaired) electrons. The zero-order valence-electron chi connectivity index (χ0n) is 12.1. The summed E-state index contributed by atoms with van der Waals surface area (Å²) >= 11 is 0. The number of benzene rings is 1. The Morgan fingerprint density at radius 2 is 2.23 bits per heavy atom. The number of morpholine rings is 1. The quantitative estimate of drug-likeness (QED) is 0.872. The molecule has 2 atom stereocenters. The third-order valence-corrected chi connectivity index (χ3v) is 3.87. The molecule has 0 bridgehead atoms. The van der Waals surface area contributed by atoms with Crippen molar-refractivity contribution >= 4 is 41.9 Å². The van der Waals surface area contributed by atoms with E-state index < -0.39 is 5.97 Å². The van der Waals surface area contributed by atoms with Crippen molar-refractivity contribution in [3.8, 4) is 0 Å². The van der Waals surface area contributed by atoms with Crippen LogP contribution in [0.3, 0.4) is 0 Å². The first kappa shape index (κ1) is 16.9. The maximum atomic E-state index is 11.3. The number of rotatable bonds is 3. The van der Waals surface area contributed by atoms with Crippen molar-refractivity contribution in [2.24, 2.45) is 0 Å². The predicted octanol–water partition coefficient (Wildman–Crippen LogP) is 1.88. The number of carbonyl (C=O) groups is 1. The zero-order chi connectivity index (χ0) is 15.0. The molecule has 3 rings (SSSR count). The molecule has 1 aromatic heterocycles. The molecule has 1 saturated heterocycles. The van der Waals surface area contributed by atoms with Crippen LogP contribution in [0.5, 0.6) is 0 Å². The molecule has 0 amide bonds. The van der Waals surface area contributed by atoms with Crippen molar-refractivity contribution in [3.63, 3.8) is 0 Å². The van der Waals surface area contributed by atoms with E-state index in [2.05, 4.69) is 23.7 Å². The van der Waals surface area contributed by atoms with Crippen molar-refractivity contribution in [3.05, 3.63) is 23.8 Å². The molecule has 1 aromatic carbocycles. The Bertz CT molecular complexity index is 673. The molecule has 0 aliphatic carbocycles. The van der Waals surface area contributed by atoms with Crippen molar-refractivity contribution in [1.29, 1.82) is 0 Å². The average molecular weight is 298 g/mol. The van der Waals surface area contributed by atoms with Crippen molar-refractivity contribution in [2.45, 2.75) is 32.4 Å². The van der Waals surface area contributed by atoms with E-state index in [4.69, 9.17) is 9.15 Å². The van der Waals surface area contributed by atoms with Crippen LogP contribution >= 0.6 is 0 Å². The number of nitrogens with zero attached hydrogens (tertiary/aromatic N) is 2. The van der Waals surface area contributed by atoms with Gasteiger partial charge >= 0.3 is 24.8 Å². The van der Waals surface area contributed by atoms with Crippen molar-refractivity contribution < 1.29 is 19.1 Å². The van der Waals surface area contributed by atoms with Gasteiger partial charge in [-0.2, -0.15) is 4.98 Å². The van der Waals surface area contributed by atoms with Gasteiger partial charge in [0, 0.05) is 0 Å². The number of anilines is 1. The van der Waals surface area contributed by atoms with Gasteiger partial charge in [0.05, 0.1) is 30.9 Å². The third-order valence-electron chi connectivity index (χ3n) is 3.87. The summed E-state index contributed by atoms with van der Waals surface area (Å²) < 4.78 is 11.4. The summed E-state index contributed by atoms with van der Waals surface area (Å²) in [6.45, 7) is 5.38. The Morgan fingerprint density at radius 1 is 1.45 bits per heavy atom. The minimum absolute atomic E-state index is 0. The molecule has 0 spiro atoms. The van der Waals surface area contributed by atoms with Crippen LogP contribution in [0.4, 0.5) is 6.01 Å². The predicted molar refractivity (Wildman–Crippen MR) is 85.0 cm³/mol. The molecule has 0 saturated carbocycles. The standard InChI is InChI=1S/C15H18N2O4.Li.H/c1-3-10-8-20-7-9(2)17(10)15-16-13-11(14(18)19)5-4-6-12(13)21-15;;/h4-6,9-10H,3,7-8H2,1-2H3,(H,18,19);;/t9-,10-;;/m0../s1. The van der Waals surface area contributed by atoms with Crippen molar-refractivity contribution in [1.82, 2.24) is 4.98 Å². The van der Waals surface area contributed by atoms with Crippen molar-refractivity contribution in [2.75, 3.05) is 18.1 Å². The summed E-state index contributed by atoms with van der Waals surface area (Å²) in [4.78, 5) is 17.8. The Kier molecular flexibility index (Phi) is 5.17. The van der Waals surface area contributed by atoms with Gasteiger partial charge in [0.15, 0.2) is 5.58 Å². The normalized spacial score (nSPS) is 21.6. The summed E-state index contributed by atoms with van der Waals surface area (Å²) in [5.74, 6) is -0.998. The van der Waals surface area contributed by atoms with Gasteiger partial charge in [-0.1, -0.05) is 13.0 Å². The van der Waals surface area contributed by atoms with Crippen LogP contribution in [0.15, 0.2) is 22.6 Å². The number of para-hydroxylation sites is 1. The number of fused-ring (bicyclic) bond motifs is 1. The number of ether oxygens (including phenoxy) is 1. The summed E-state index contributed by atoms with van der Waals surface area (Å²) in [5.41, 5.74) is 1.06. The van der Waals surface area contributed by atoms with Gasteiger partial charge < -0.3 is 19.2 Å². The summed E-state index contributed by atoms with van der Waals surface area (Å²) in [6.07, 6.45) is 0.912. The average Bonchev–Trinajstić information content (AvgIpc) is 2.89. The van der Waals surface area contributed by atoms with E-state index in [1.807, 2.05) is 0 Å². The second-order valence-corrected chi connectivity index (χ2v) is 5.31. The first-order valence-electron chi connectivity index (χ1n) is 7.10. The molecule has 1 aliphatic rings. The Hall–Kier alpha value is -1.48. The van der Waals surface area contributed by atoms with Gasteiger partial charge in [-0.25, -0.2) is 4.79 Å². The van der Waals surface area contributed by atoms with Crippen LogP contribution in [0.2, 0.25) is 0 Å². The Balaban J connectivity index is 0.00000176. The Morgan fingerprint density at radius 3 is 2.91 bits per heavy atom. The SMILES string of the molecule is CC[C@H]1COC[C@H](C)N1c1nc2c(C(=O)O)cccc2o1.[LiH]. The van der Waals surface area contributed by atoms with Gasteiger partial charge in [-0.3, -0.25) is 0 Å². The summed E-state index contributed by atoms with van der Waals surface area (Å²) in [7, 11) is 0. The fraction of sp³-hybridized carbons (Fsp3) is 0.467. The first-order valence-corrected chi connectivity index (χ1v) is 7.10. The molecule has 22 heavy (non-hydrogen) atoms. The number of carboxylic acids is 1. The number of oxazole rings is 1. The van der Waals surface area contributed by atoms with Crippen LogP contribution in [-0.4, -0.2) is 60.2 Å². The summed E-state index contributed by atoms with van der Waals surface area (Å²) in [6, 6.07) is 5.75. The molecular formula is C15H19LiN2O4. The zero-order valence-corrected chi connectivity index (χ0v) is 12.1. The van der Waals surface area contributed by atoms with E-state index in [1.54, 1.807) is 12.1 Å². The third kappa shape index (κ3) is 2.87. The van der Waals surface area contributed by atoms with E-state index in [1.165, 1.54) is 6.07 Å². The molecule has 6 nitrogen and oxygen atoms in total. The summed E-state index contributed by atoms with van der Waals surface area (Å²) in [5, 5.41) is 9.24. The fourth-order valence-corrected chi connectivity index (χ4v) is 2.77. The number of hydrogen-bond acceptors (Lipinski definition) is 5. The minimum atomic E-state index is -0.998. The van der Waals surface area contributed by atoms with E-state index in [-0.39, 0.29) is 36.5 Å². The van der Waals surface area contributed by atoms with E-state index in [9.17, 15) is 9.90 Å². The van der Waals surface area contributed by atoms with Crippen LogP contribution in [0.1, 0.15) is 30.6 Å². The molecule has 2 aromatic rings.